The lowest BCUT2D eigenvalue weighted by Gasteiger charge is -2.07. The molecule has 1 fully saturated rings. The minimum Gasteiger partial charge on any atom is -0.197 e. The van der Waals surface area contributed by atoms with Gasteiger partial charge >= 0.3 is 0 Å². The standard InChI is InChI=1S/C12H12ClN/c1-2-9-7-12(9,8-14)10-3-5-11(13)6-4-10/h3-6,9H,2,7H2,1H3. The van der Waals surface area contributed by atoms with Crippen LogP contribution >= 0.6 is 11.6 Å². The highest BCUT2D eigenvalue weighted by Gasteiger charge is 2.54. The van der Waals surface area contributed by atoms with Gasteiger partial charge in [0.05, 0.1) is 11.5 Å². The van der Waals surface area contributed by atoms with Crippen molar-refractivity contribution in [2.45, 2.75) is 25.2 Å². The highest BCUT2D eigenvalue weighted by molar-refractivity contribution is 6.30. The largest absolute Gasteiger partial charge is 0.197 e. The molecule has 0 heterocycles. The van der Waals surface area contributed by atoms with Crippen LogP contribution in [0, 0.1) is 17.2 Å². The van der Waals surface area contributed by atoms with E-state index in [0.29, 0.717) is 5.92 Å². The zero-order valence-electron chi connectivity index (χ0n) is 8.13. The predicted octanol–water partition coefficient (Wildman–Crippen LogP) is 3.53. The maximum atomic E-state index is 9.20. The van der Waals surface area contributed by atoms with Crippen molar-refractivity contribution in [1.82, 2.24) is 0 Å². The zero-order chi connectivity index (χ0) is 10.2. The van der Waals surface area contributed by atoms with Gasteiger partial charge in [0.15, 0.2) is 0 Å². The molecule has 1 saturated carbocycles. The van der Waals surface area contributed by atoms with E-state index < -0.39 is 0 Å². The molecule has 0 bridgehead atoms. The first-order valence-corrected chi connectivity index (χ1v) is 5.28. The first-order chi connectivity index (χ1) is 6.73. The summed E-state index contributed by atoms with van der Waals surface area (Å²) in [5.41, 5.74) is 0.913. The molecule has 0 spiro atoms. The van der Waals surface area contributed by atoms with Gasteiger partial charge in [-0.05, 0) is 30.0 Å². The predicted molar refractivity (Wildman–Crippen MR) is 57.1 cm³/mol. The summed E-state index contributed by atoms with van der Waals surface area (Å²) in [6.07, 6.45) is 2.08. The molecule has 2 rings (SSSR count). The monoisotopic (exact) mass is 205 g/mol. The van der Waals surface area contributed by atoms with Crippen LogP contribution in [-0.2, 0) is 5.41 Å². The normalized spacial score (nSPS) is 29.6. The minimum atomic E-state index is -0.209. The molecule has 72 valence electrons. The second kappa shape index (κ2) is 3.29. The molecule has 2 unspecified atom stereocenters. The minimum absolute atomic E-state index is 0.209. The van der Waals surface area contributed by atoms with Crippen LogP contribution in [0.3, 0.4) is 0 Å². The number of hydrogen-bond acceptors (Lipinski definition) is 1. The summed E-state index contributed by atoms with van der Waals surface area (Å²) in [6, 6.07) is 10.1. The average Bonchev–Trinajstić information content (AvgIpc) is 2.94. The van der Waals surface area contributed by atoms with Crippen molar-refractivity contribution in [3.63, 3.8) is 0 Å². The summed E-state index contributed by atoms with van der Waals surface area (Å²) in [5.74, 6) is 0.536. The molecule has 1 aliphatic rings. The smallest absolute Gasteiger partial charge is 0.0854 e. The van der Waals surface area contributed by atoms with Crippen molar-refractivity contribution in [1.29, 1.82) is 5.26 Å². The number of benzene rings is 1. The third-order valence-electron chi connectivity index (χ3n) is 3.16. The third kappa shape index (κ3) is 1.31. The zero-order valence-corrected chi connectivity index (χ0v) is 8.88. The van der Waals surface area contributed by atoms with E-state index in [1.54, 1.807) is 0 Å². The molecule has 2 heteroatoms. The van der Waals surface area contributed by atoms with Gasteiger partial charge in [-0.1, -0.05) is 37.1 Å². The highest BCUT2D eigenvalue weighted by atomic mass is 35.5. The molecule has 0 N–H and O–H groups in total. The number of nitrogens with zero attached hydrogens (tertiary/aromatic N) is 1. The second-order valence-electron chi connectivity index (χ2n) is 3.90. The van der Waals surface area contributed by atoms with Crippen LogP contribution in [0.15, 0.2) is 24.3 Å². The van der Waals surface area contributed by atoms with Crippen LogP contribution in [-0.4, -0.2) is 0 Å². The molecular formula is C12H12ClN. The first-order valence-electron chi connectivity index (χ1n) is 4.90. The molecule has 1 nitrogen and oxygen atoms in total. The number of hydrogen-bond donors (Lipinski definition) is 0. The SMILES string of the molecule is CCC1CC1(C#N)c1ccc(Cl)cc1. The van der Waals surface area contributed by atoms with E-state index >= 15 is 0 Å². The molecule has 0 aromatic heterocycles. The van der Waals surface area contributed by atoms with Gasteiger partial charge in [0, 0.05) is 5.02 Å². The van der Waals surface area contributed by atoms with Gasteiger partial charge in [0.2, 0.25) is 0 Å². The molecule has 14 heavy (non-hydrogen) atoms. The van der Waals surface area contributed by atoms with Crippen LogP contribution in [0.4, 0.5) is 0 Å². The number of nitriles is 1. The Hall–Kier alpha value is -1.00. The van der Waals surface area contributed by atoms with Gasteiger partial charge in [0.25, 0.3) is 0 Å². The fourth-order valence-electron chi connectivity index (χ4n) is 2.12. The van der Waals surface area contributed by atoms with E-state index in [4.69, 9.17) is 11.6 Å². The van der Waals surface area contributed by atoms with Crippen molar-refractivity contribution in [3.05, 3.63) is 34.9 Å². The maximum Gasteiger partial charge on any atom is 0.0854 e. The molecular weight excluding hydrogens is 194 g/mol. The molecule has 0 amide bonds. The van der Waals surface area contributed by atoms with Crippen LogP contribution in [0.25, 0.3) is 0 Å². The van der Waals surface area contributed by atoms with Gasteiger partial charge < -0.3 is 0 Å². The quantitative estimate of drug-likeness (QED) is 0.725. The van der Waals surface area contributed by atoms with E-state index in [9.17, 15) is 5.26 Å². The fraction of sp³-hybridized carbons (Fsp3) is 0.417. The second-order valence-corrected chi connectivity index (χ2v) is 4.34. The van der Waals surface area contributed by atoms with Crippen molar-refractivity contribution >= 4 is 11.6 Å². The van der Waals surface area contributed by atoms with Crippen molar-refractivity contribution in [2.75, 3.05) is 0 Å². The Bertz CT molecular complexity index is 376. The summed E-state index contributed by atoms with van der Waals surface area (Å²) in [4.78, 5) is 0. The van der Waals surface area contributed by atoms with E-state index in [1.807, 2.05) is 24.3 Å². The maximum absolute atomic E-state index is 9.20. The lowest BCUT2D eigenvalue weighted by atomic mass is 9.94. The number of halogens is 1. The Kier molecular flexibility index (Phi) is 2.25. The molecule has 1 aliphatic carbocycles. The molecule has 1 aromatic carbocycles. The summed E-state index contributed by atoms with van der Waals surface area (Å²) in [7, 11) is 0. The first kappa shape index (κ1) is 9.55. The van der Waals surface area contributed by atoms with Crippen LogP contribution in [0.5, 0.6) is 0 Å². The molecule has 0 saturated heterocycles. The van der Waals surface area contributed by atoms with E-state index in [2.05, 4.69) is 13.0 Å². The van der Waals surface area contributed by atoms with Crippen LogP contribution in [0.2, 0.25) is 5.02 Å². The Balaban J connectivity index is 2.32. The van der Waals surface area contributed by atoms with Crippen molar-refractivity contribution in [2.24, 2.45) is 5.92 Å². The summed E-state index contributed by atoms with van der Waals surface area (Å²) < 4.78 is 0. The van der Waals surface area contributed by atoms with Crippen LogP contribution < -0.4 is 0 Å². The highest BCUT2D eigenvalue weighted by Crippen LogP contribution is 2.55. The number of rotatable bonds is 2. The van der Waals surface area contributed by atoms with Gasteiger partial charge in [-0.2, -0.15) is 5.26 Å². The lowest BCUT2D eigenvalue weighted by molar-refractivity contribution is 0.701. The van der Waals surface area contributed by atoms with Gasteiger partial charge in [0.1, 0.15) is 0 Å². The summed E-state index contributed by atoms with van der Waals surface area (Å²) in [6.45, 7) is 2.14. The molecule has 2 atom stereocenters. The van der Waals surface area contributed by atoms with E-state index in [1.165, 1.54) is 0 Å². The van der Waals surface area contributed by atoms with Crippen molar-refractivity contribution in [3.8, 4) is 6.07 Å². The topological polar surface area (TPSA) is 23.8 Å². The molecule has 0 radical (unpaired) electrons. The lowest BCUT2D eigenvalue weighted by Crippen LogP contribution is -2.06. The Labute approximate surface area is 89.3 Å². The van der Waals surface area contributed by atoms with Gasteiger partial charge in [-0.15, -0.1) is 0 Å². The summed E-state index contributed by atoms with van der Waals surface area (Å²) in [5, 5.41) is 9.93. The Morgan fingerprint density at radius 2 is 2.14 bits per heavy atom. The van der Waals surface area contributed by atoms with E-state index in [0.717, 1.165) is 23.4 Å². The molecule has 0 aliphatic heterocycles. The Morgan fingerprint density at radius 1 is 1.50 bits per heavy atom. The summed E-state index contributed by atoms with van der Waals surface area (Å²) >= 11 is 5.81. The van der Waals surface area contributed by atoms with Crippen molar-refractivity contribution < 1.29 is 0 Å². The average molecular weight is 206 g/mol. The van der Waals surface area contributed by atoms with Gasteiger partial charge in [-0.25, -0.2) is 0 Å². The fourth-order valence-corrected chi connectivity index (χ4v) is 2.25. The Morgan fingerprint density at radius 3 is 2.57 bits per heavy atom. The van der Waals surface area contributed by atoms with E-state index in [-0.39, 0.29) is 5.41 Å². The van der Waals surface area contributed by atoms with Crippen LogP contribution in [0.1, 0.15) is 25.3 Å². The third-order valence-corrected chi connectivity index (χ3v) is 3.41. The van der Waals surface area contributed by atoms with Gasteiger partial charge in [-0.3, -0.25) is 0 Å². The molecule has 1 aromatic rings.